The normalized spacial score (nSPS) is 22.5. The smallest absolute Gasteiger partial charge is 0.416 e. The molecule has 0 aliphatic carbocycles. The van der Waals surface area contributed by atoms with E-state index in [2.05, 4.69) is 10.6 Å². The average molecular weight is 607 g/mol. The van der Waals surface area contributed by atoms with Gasteiger partial charge in [-0.25, -0.2) is 9.59 Å². The number of carbonyl (C=O) groups excluding carboxylic acids is 2. The Morgan fingerprint density at radius 1 is 0.905 bits per heavy atom. The van der Waals surface area contributed by atoms with Crippen LogP contribution in [0.3, 0.4) is 0 Å². The number of unbranched alkanes of at least 4 members (excludes halogenated alkanes) is 1. The van der Waals surface area contributed by atoms with Crippen molar-refractivity contribution in [3.63, 3.8) is 0 Å². The van der Waals surface area contributed by atoms with Gasteiger partial charge in [-0.1, -0.05) is 41.0 Å². The zero-order chi connectivity index (χ0) is 31.1. The molecule has 0 unspecified atom stereocenters. The van der Waals surface area contributed by atoms with Crippen LogP contribution in [0.25, 0.3) is 0 Å². The molecule has 0 radical (unpaired) electrons. The minimum absolute atomic E-state index is 0.0939. The molecule has 0 bridgehead atoms. The number of nitrogens with one attached hydrogen (secondary N) is 2. The highest BCUT2D eigenvalue weighted by Gasteiger charge is 2.50. The molecular weight excluding hydrogens is 561 g/mol. The summed E-state index contributed by atoms with van der Waals surface area (Å²) in [6, 6.07) is 3.95. The van der Waals surface area contributed by atoms with E-state index in [-0.39, 0.29) is 18.2 Å². The van der Waals surface area contributed by atoms with Gasteiger partial charge in [0, 0.05) is 25.4 Å². The van der Waals surface area contributed by atoms with E-state index in [4.69, 9.17) is 28.4 Å². The lowest BCUT2D eigenvalue weighted by atomic mass is 9.98. The molecule has 0 aromatic heterocycles. The summed E-state index contributed by atoms with van der Waals surface area (Å²) in [5, 5.41) is 5.06. The van der Waals surface area contributed by atoms with Gasteiger partial charge < -0.3 is 33.7 Å². The van der Waals surface area contributed by atoms with Gasteiger partial charge in [0.1, 0.15) is 24.9 Å². The Hall–Kier alpha value is -2.61. The summed E-state index contributed by atoms with van der Waals surface area (Å²) in [5.41, 5.74) is -0.760. The zero-order valence-corrected chi connectivity index (χ0v) is 25.0. The SMILES string of the molecule is CCCCO[C@H]1[C@H](OCC(C)C)O[C@H](COC(=O)NCCC)[C@@H](OC(=O)Nc2ccc(C(F)(F)F)cc2)[C@@H]1OCCC. The van der Waals surface area contributed by atoms with E-state index in [9.17, 15) is 22.8 Å². The van der Waals surface area contributed by atoms with Gasteiger partial charge in [-0.05, 0) is 49.4 Å². The molecule has 2 rings (SSSR count). The van der Waals surface area contributed by atoms with Gasteiger partial charge in [0.2, 0.25) is 0 Å². The second-order valence-electron chi connectivity index (χ2n) is 10.4. The summed E-state index contributed by atoms with van der Waals surface area (Å²) in [7, 11) is 0. The van der Waals surface area contributed by atoms with Crippen LogP contribution in [-0.2, 0) is 34.6 Å². The van der Waals surface area contributed by atoms with Gasteiger partial charge in [0.15, 0.2) is 12.4 Å². The minimum atomic E-state index is -4.51. The molecule has 0 saturated carbocycles. The van der Waals surface area contributed by atoms with Gasteiger partial charge in [-0.15, -0.1) is 0 Å². The van der Waals surface area contributed by atoms with Gasteiger partial charge in [-0.3, -0.25) is 5.32 Å². The van der Waals surface area contributed by atoms with Gasteiger partial charge >= 0.3 is 18.4 Å². The number of halogens is 3. The highest BCUT2D eigenvalue weighted by Crippen LogP contribution is 2.32. The van der Waals surface area contributed by atoms with Crippen molar-refractivity contribution < 1.29 is 51.2 Å². The Morgan fingerprint density at radius 2 is 1.60 bits per heavy atom. The van der Waals surface area contributed by atoms with Gasteiger partial charge in [-0.2, -0.15) is 13.2 Å². The monoisotopic (exact) mass is 606 g/mol. The zero-order valence-electron chi connectivity index (χ0n) is 25.0. The van der Waals surface area contributed by atoms with E-state index in [1.165, 1.54) is 0 Å². The van der Waals surface area contributed by atoms with Crippen molar-refractivity contribution in [2.24, 2.45) is 5.92 Å². The van der Waals surface area contributed by atoms with Gasteiger partial charge in [0.25, 0.3) is 0 Å². The van der Waals surface area contributed by atoms with Crippen LogP contribution in [-0.4, -0.2) is 75.9 Å². The molecule has 1 aliphatic heterocycles. The lowest BCUT2D eigenvalue weighted by Crippen LogP contribution is -2.62. The second kappa shape index (κ2) is 18.1. The van der Waals surface area contributed by atoms with Crippen molar-refractivity contribution in [1.29, 1.82) is 0 Å². The maximum atomic E-state index is 13.0. The number of anilines is 1. The van der Waals surface area contributed by atoms with Gasteiger partial charge in [0.05, 0.1) is 12.2 Å². The molecule has 1 saturated heterocycles. The number of ether oxygens (including phenoxy) is 6. The molecule has 2 N–H and O–H groups in total. The van der Waals surface area contributed by atoms with E-state index in [1.54, 1.807) is 0 Å². The summed E-state index contributed by atoms with van der Waals surface area (Å²) >= 11 is 0. The quantitative estimate of drug-likeness (QED) is 0.216. The van der Waals surface area contributed by atoms with Crippen molar-refractivity contribution in [3.8, 4) is 0 Å². The molecule has 13 heteroatoms. The molecule has 1 aliphatic rings. The molecule has 10 nitrogen and oxygen atoms in total. The number of hydrogen-bond acceptors (Lipinski definition) is 8. The molecule has 2 amide bonds. The molecule has 5 atom stereocenters. The van der Waals surface area contributed by atoms with Crippen LogP contribution in [0.1, 0.15) is 65.9 Å². The summed E-state index contributed by atoms with van der Waals surface area (Å²) in [4.78, 5) is 25.2. The molecule has 42 heavy (non-hydrogen) atoms. The first-order chi connectivity index (χ1) is 20.0. The van der Waals surface area contributed by atoms with E-state index in [0.717, 1.165) is 37.1 Å². The number of carbonyl (C=O) groups is 2. The van der Waals surface area contributed by atoms with Crippen LogP contribution in [0.2, 0.25) is 0 Å². The molecule has 1 aromatic carbocycles. The Morgan fingerprint density at radius 3 is 2.19 bits per heavy atom. The third-order valence-corrected chi connectivity index (χ3v) is 6.11. The minimum Gasteiger partial charge on any atom is -0.447 e. The molecule has 1 aromatic rings. The van der Waals surface area contributed by atoms with E-state index < -0.39 is 54.6 Å². The number of rotatable bonds is 16. The van der Waals surface area contributed by atoms with Crippen molar-refractivity contribution in [2.45, 2.75) is 97.2 Å². The average Bonchev–Trinajstić information content (AvgIpc) is 2.94. The lowest BCUT2D eigenvalue weighted by molar-refractivity contribution is -0.316. The fourth-order valence-corrected chi connectivity index (χ4v) is 4.01. The first-order valence-electron chi connectivity index (χ1n) is 14.6. The number of benzene rings is 1. The molecule has 240 valence electrons. The Labute approximate surface area is 245 Å². The third kappa shape index (κ3) is 11.9. The summed E-state index contributed by atoms with van der Waals surface area (Å²) in [5.74, 6) is 0.179. The Bertz CT molecular complexity index is 932. The third-order valence-electron chi connectivity index (χ3n) is 6.11. The highest BCUT2D eigenvalue weighted by molar-refractivity contribution is 5.84. The number of alkyl halides is 3. The second-order valence-corrected chi connectivity index (χ2v) is 10.4. The van der Waals surface area contributed by atoms with Crippen molar-refractivity contribution in [1.82, 2.24) is 5.32 Å². The maximum Gasteiger partial charge on any atom is 0.416 e. The van der Waals surface area contributed by atoms with Crippen molar-refractivity contribution in [3.05, 3.63) is 29.8 Å². The molecule has 1 heterocycles. The number of alkyl carbamates (subject to hydrolysis) is 1. The van der Waals surface area contributed by atoms with Crippen molar-refractivity contribution in [2.75, 3.05) is 38.3 Å². The molecule has 0 spiro atoms. The molecule has 1 fully saturated rings. The first-order valence-corrected chi connectivity index (χ1v) is 14.6. The van der Waals surface area contributed by atoms with Crippen LogP contribution in [0.5, 0.6) is 0 Å². The number of amides is 2. The van der Waals surface area contributed by atoms with E-state index >= 15 is 0 Å². The van der Waals surface area contributed by atoms with Crippen LogP contribution in [0.15, 0.2) is 24.3 Å². The fraction of sp³-hybridized carbons (Fsp3) is 0.724. The summed E-state index contributed by atoms with van der Waals surface area (Å²) in [6.45, 7) is 11.0. The highest BCUT2D eigenvalue weighted by atomic mass is 19.4. The van der Waals surface area contributed by atoms with E-state index in [0.29, 0.717) is 39.2 Å². The predicted octanol–water partition coefficient (Wildman–Crippen LogP) is 6.14. The van der Waals surface area contributed by atoms with Crippen molar-refractivity contribution >= 4 is 17.9 Å². The topological polar surface area (TPSA) is 114 Å². The Balaban J connectivity index is 2.33. The van der Waals surface area contributed by atoms with Crippen LogP contribution >= 0.6 is 0 Å². The predicted molar refractivity (Wildman–Crippen MR) is 149 cm³/mol. The van der Waals surface area contributed by atoms with E-state index in [1.807, 2.05) is 34.6 Å². The Kier molecular flexibility index (Phi) is 15.4. The summed E-state index contributed by atoms with van der Waals surface area (Å²) in [6.07, 6.45) is -7.80. The summed E-state index contributed by atoms with van der Waals surface area (Å²) < 4.78 is 74.6. The fourth-order valence-electron chi connectivity index (χ4n) is 4.01. The maximum absolute atomic E-state index is 13.0. The lowest BCUT2D eigenvalue weighted by Gasteiger charge is -2.45. The number of hydrogen-bond donors (Lipinski definition) is 2. The first kappa shape index (κ1) is 35.6. The molecular formula is C29H45F3N2O8. The standard InChI is InChI=1S/C29H45F3N2O8/c1-6-9-16-38-25-24(37-15-8-3)23(42-28(36)34-21-12-10-20(11-13-21)29(30,31)32)22(18-40-27(35)33-14-7-2)41-26(25)39-17-19(4)5/h10-13,19,22-26H,6-9,14-18H2,1-5H3,(H,33,35)(H,34,36)/t22-,23-,24+,25-,26-/m1/s1. The largest absolute Gasteiger partial charge is 0.447 e. The van der Waals surface area contributed by atoms with Crippen LogP contribution < -0.4 is 10.6 Å². The van der Waals surface area contributed by atoms with Crippen LogP contribution in [0.4, 0.5) is 28.4 Å². The van der Waals surface area contributed by atoms with Crippen LogP contribution in [0, 0.1) is 5.92 Å².